The van der Waals surface area contributed by atoms with E-state index in [0.29, 0.717) is 6.04 Å². The number of pyridine rings is 1. The first-order valence-corrected chi connectivity index (χ1v) is 6.35. The van der Waals surface area contributed by atoms with Gasteiger partial charge in [-0.3, -0.25) is 9.67 Å². The number of nitrogens with one attached hydrogen (secondary N) is 1. The molecule has 0 aliphatic rings. The Labute approximate surface area is 108 Å². The molecule has 0 saturated heterocycles. The van der Waals surface area contributed by atoms with Crippen molar-refractivity contribution in [1.29, 1.82) is 0 Å². The maximum absolute atomic E-state index is 4.49. The second-order valence-corrected chi connectivity index (χ2v) is 4.42. The van der Waals surface area contributed by atoms with E-state index in [1.165, 1.54) is 11.3 Å². The molecule has 4 heteroatoms. The number of aromatic nitrogens is 3. The normalized spacial score (nSPS) is 12.6. The molecule has 2 rings (SSSR count). The standard InChI is InChI=1S/C14H20N4/c1-4-18-13(9-11(2)17-18)10-14(15-3)12-5-7-16-8-6-12/h5-9,14-15H,4,10H2,1-3H3. The quantitative estimate of drug-likeness (QED) is 0.876. The topological polar surface area (TPSA) is 42.7 Å². The summed E-state index contributed by atoms with van der Waals surface area (Å²) in [6, 6.07) is 6.57. The van der Waals surface area contributed by atoms with E-state index in [9.17, 15) is 0 Å². The highest BCUT2D eigenvalue weighted by Crippen LogP contribution is 2.18. The molecule has 1 atom stereocenters. The molecular weight excluding hydrogens is 224 g/mol. The van der Waals surface area contributed by atoms with Gasteiger partial charge in [-0.1, -0.05) is 0 Å². The Kier molecular flexibility index (Phi) is 4.10. The van der Waals surface area contributed by atoms with Crippen LogP contribution in [-0.4, -0.2) is 21.8 Å². The van der Waals surface area contributed by atoms with Gasteiger partial charge in [0.1, 0.15) is 0 Å². The molecule has 2 aromatic rings. The number of likely N-dealkylation sites (N-methyl/N-ethyl adjacent to an activating group) is 1. The molecule has 2 heterocycles. The first kappa shape index (κ1) is 12.8. The molecule has 0 fully saturated rings. The minimum absolute atomic E-state index is 0.300. The van der Waals surface area contributed by atoms with Crippen LogP contribution in [0.4, 0.5) is 0 Å². The molecule has 0 radical (unpaired) electrons. The maximum Gasteiger partial charge on any atom is 0.0596 e. The molecular formula is C14H20N4. The van der Waals surface area contributed by atoms with Crippen LogP contribution in [0, 0.1) is 6.92 Å². The molecule has 4 nitrogen and oxygen atoms in total. The van der Waals surface area contributed by atoms with Crippen molar-refractivity contribution in [3.63, 3.8) is 0 Å². The SMILES string of the molecule is CCn1nc(C)cc1CC(NC)c1ccncc1. The third kappa shape index (κ3) is 2.76. The van der Waals surface area contributed by atoms with Crippen molar-refractivity contribution in [3.05, 3.63) is 47.5 Å². The van der Waals surface area contributed by atoms with Gasteiger partial charge in [-0.05, 0) is 44.7 Å². The molecule has 1 N–H and O–H groups in total. The maximum atomic E-state index is 4.49. The third-order valence-corrected chi connectivity index (χ3v) is 3.16. The van der Waals surface area contributed by atoms with Crippen LogP contribution in [0.5, 0.6) is 0 Å². The molecule has 0 saturated carbocycles. The van der Waals surface area contributed by atoms with E-state index in [-0.39, 0.29) is 0 Å². The molecule has 0 amide bonds. The Morgan fingerprint density at radius 2 is 2.06 bits per heavy atom. The van der Waals surface area contributed by atoms with Crippen molar-refractivity contribution < 1.29 is 0 Å². The monoisotopic (exact) mass is 244 g/mol. The Bertz CT molecular complexity index is 490. The summed E-state index contributed by atoms with van der Waals surface area (Å²) in [5.74, 6) is 0. The molecule has 96 valence electrons. The summed E-state index contributed by atoms with van der Waals surface area (Å²) >= 11 is 0. The zero-order chi connectivity index (χ0) is 13.0. The largest absolute Gasteiger partial charge is 0.313 e. The number of aryl methyl sites for hydroxylation is 2. The lowest BCUT2D eigenvalue weighted by Gasteiger charge is -2.16. The fraction of sp³-hybridized carbons (Fsp3) is 0.429. The molecule has 0 aliphatic heterocycles. The number of hydrogen-bond acceptors (Lipinski definition) is 3. The Morgan fingerprint density at radius 3 is 2.67 bits per heavy atom. The van der Waals surface area contributed by atoms with E-state index < -0.39 is 0 Å². The second-order valence-electron chi connectivity index (χ2n) is 4.42. The van der Waals surface area contributed by atoms with Crippen LogP contribution in [-0.2, 0) is 13.0 Å². The highest BCUT2D eigenvalue weighted by atomic mass is 15.3. The lowest BCUT2D eigenvalue weighted by Crippen LogP contribution is -2.20. The summed E-state index contributed by atoms with van der Waals surface area (Å²) in [7, 11) is 1.99. The Balaban J connectivity index is 2.20. The predicted molar refractivity (Wildman–Crippen MR) is 72.4 cm³/mol. The summed E-state index contributed by atoms with van der Waals surface area (Å²) in [6.45, 7) is 5.07. The molecule has 1 unspecified atom stereocenters. The molecule has 0 bridgehead atoms. The van der Waals surface area contributed by atoms with E-state index in [2.05, 4.69) is 45.2 Å². The van der Waals surface area contributed by atoms with Gasteiger partial charge in [-0.25, -0.2) is 0 Å². The highest BCUT2D eigenvalue weighted by molar-refractivity contribution is 5.19. The van der Waals surface area contributed by atoms with Gasteiger partial charge in [-0.15, -0.1) is 0 Å². The van der Waals surface area contributed by atoms with Crippen molar-refractivity contribution in [2.45, 2.75) is 32.9 Å². The van der Waals surface area contributed by atoms with E-state index >= 15 is 0 Å². The second kappa shape index (κ2) is 5.78. The van der Waals surface area contributed by atoms with Gasteiger partial charge in [0.15, 0.2) is 0 Å². The van der Waals surface area contributed by atoms with E-state index in [0.717, 1.165) is 18.7 Å². The average Bonchev–Trinajstić information content (AvgIpc) is 2.77. The fourth-order valence-corrected chi connectivity index (χ4v) is 2.23. The van der Waals surface area contributed by atoms with Gasteiger partial charge in [0.2, 0.25) is 0 Å². The van der Waals surface area contributed by atoms with Crippen LogP contribution < -0.4 is 5.32 Å². The first-order chi connectivity index (χ1) is 8.74. The Hall–Kier alpha value is -1.68. The summed E-state index contributed by atoms with van der Waals surface area (Å²) < 4.78 is 2.07. The molecule has 18 heavy (non-hydrogen) atoms. The predicted octanol–water partition coefficient (Wildman–Crippen LogP) is 2.11. The number of nitrogens with zero attached hydrogens (tertiary/aromatic N) is 3. The van der Waals surface area contributed by atoms with Crippen LogP contribution in [0.15, 0.2) is 30.6 Å². The van der Waals surface area contributed by atoms with Crippen molar-refractivity contribution in [1.82, 2.24) is 20.1 Å². The number of rotatable bonds is 5. The van der Waals surface area contributed by atoms with Gasteiger partial charge in [0.05, 0.1) is 5.69 Å². The van der Waals surface area contributed by atoms with Crippen LogP contribution in [0.2, 0.25) is 0 Å². The minimum atomic E-state index is 0.300. The van der Waals surface area contributed by atoms with Crippen LogP contribution in [0.3, 0.4) is 0 Å². The van der Waals surface area contributed by atoms with E-state index in [4.69, 9.17) is 0 Å². The van der Waals surface area contributed by atoms with Crippen LogP contribution in [0.1, 0.15) is 29.9 Å². The molecule has 2 aromatic heterocycles. The molecule has 0 aromatic carbocycles. The van der Waals surface area contributed by atoms with Gasteiger partial charge in [0.25, 0.3) is 0 Å². The molecule has 0 spiro atoms. The van der Waals surface area contributed by atoms with Crippen molar-refractivity contribution in [3.8, 4) is 0 Å². The van der Waals surface area contributed by atoms with E-state index in [1.807, 2.05) is 26.4 Å². The van der Waals surface area contributed by atoms with Crippen LogP contribution in [0.25, 0.3) is 0 Å². The summed E-state index contributed by atoms with van der Waals surface area (Å²) in [5.41, 5.74) is 3.61. The number of hydrogen-bond donors (Lipinski definition) is 1. The van der Waals surface area contributed by atoms with Crippen molar-refractivity contribution in [2.24, 2.45) is 0 Å². The van der Waals surface area contributed by atoms with Gasteiger partial charge < -0.3 is 5.32 Å². The summed E-state index contributed by atoms with van der Waals surface area (Å²) in [4.78, 5) is 4.06. The fourth-order valence-electron chi connectivity index (χ4n) is 2.23. The van der Waals surface area contributed by atoms with Gasteiger partial charge in [0, 0.05) is 37.1 Å². The lowest BCUT2D eigenvalue weighted by molar-refractivity contribution is 0.540. The van der Waals surface area contributed by atoms with Crippen molar-refractivity contribution in [2.75, 3.05) is 7.05 Å². The lowest BCUT2D eigenvalue weighted by atomic mass is 10.0. The zero-order valence-electron chi connectivity index (χ0n) is 11.2. The van der Waals surface area contributed by atoms with Gasteiger partial charge >= 0.3 is 0 Å². The average molecular weight is 244 g/mol. The summed E-state index contributed by atoms with van der Waals surface area (Å²) in [5, 5.41) is 7.85. The third-order valence-electron chi connectivity index (χ3n) is 3.16. The highest BCUT2D eigenvalue weighted by Gasteiger charge is 2.13. The van der Waals surface area contributed by atoms with Crippen molar-refractivity contribution >= 4 is 0 Å². The van der Waals surface area contributed by atoms with Crippen LogP contribution >= 0.6 is 0 Å². The molecule has 0 aliphatic carbocycles. The first-order valence-electron chi connectivity index (χ1n) is 6.35. The smallest absolute Gasteiger partial charge is 0.0596 e. The van der Waals surface area contributed by atoms with E-state index in [1.54, 1.807) is 0 Å². The zero-order valence-corrected chi connectivity index (χ0v) is 11.2. The Morgan fingerprint density at radius 1 is 1.33 bits per heavy atom. The van der Waals surface area contributed by atoms with Gasteiger partial charge in [-0.2, -0.15) is 5.10 Å². The summed E-state index contributed by atoms with van der Waals surface area (Å²) in [6.07, 6.45) is 4.61. The minimum Gasteiger partial charge on any atom is -0.313 e.